The number of aromatic hydroxyl groups is 3. The zero-order chi connectivity index (χ0) is 18.7. The number of aliphatic hydroxyl groups is 1. The Kier molecular flexibility index (Phi) is 4.95. The molecule has 0 aliphatic heterocycles. The molecule has 0 unspecified atom stereocenters. The van der Waals surface area contributed by atoms with E-state index in [1.54, 1.807) is 24.3 Å². The number of carbonyl (C=O) groups is 1. The minimum absolute atomic E-state index is 0.00560. The smallest absolute Gasteiger partial charge is 0.200 e. The molecule has 0 spiro atoms. The maximum absolute atomic E-state index is 13.0. The summed E-state index contributed by atoms with van der Waals surface area (Å²) in [5, 5.41) is 37.9. The van der Waals surface area contributed by atoms with E-state index in [-0.39, 0.29) is 12.2 Å². The number of benzene rings is 2. The van der Waals surface area contributed by atoms with Crippen LogP contribution in [0.2, 0.25) is 0 Å². The van der Waals surface area contributed by atoms with Gasteiger partial charge in [0.15, 0.2) is 23.0 Å². The Morgan fingerprint density at radius 3 is 2.35 bits per heavy atom. The van der Waals surface area contributed by atoms with Gasteiger partial charge in [-0.3, -0.25) is 4.79 Å². The lowest BCUT2D eigenvalue weighted by molar-refractivity contribution is 0.103. The van der Waals surface area contributed by atoms with Gasteiger partial charge in [-0.2, -0.15) is 0 Å². The number of aliphatic hydroxyl groups excluding tert-OH is 1. The molecule has 0 aliphatic carbocycles. The molecule has 0 amide bonds. The lowest BCUT2D eigenvalue weighted by Crippen LogP contribution is -2.07. The number of hydrogen-bond donors (Lipinski definition) is 4. The minimum atomic E-state index is -0.675. The molecule has 0 atom stereocenters. The second-order valence-electron chi connectivity index (χ2n) is 5.87. The first-order valence-electron chi connectivity index (χ1n) is 8.08. The summed E-state index contributed by atoms with van der Waals surface area (Å²) in [5.41, 5.74) is 1.85. The van der Waals surface area contributed by atoms with E-state index in [1.165, 1.54) is 6.26 Å². The van der Waals surface area contributed by atoms with E-state index < -0.39 is 23.0 Å². The van der Waals surface area contributed by atoms with Crippen LogP contribution in [0.15, 0.2) is 53.1 Å². The summed E-state index contributed by atoms with van der Waals surface area (Å²) < 4.78 is 5.37. The predicted molar refractivity (Wildman–Crippen MR) is 94.4 cm³/mol. The molecule has 3 rings (SSSR count). The van der Waals surface area contributed by atoms with Crippen molar-refractivity contribution in [2.75, 3.05) is 6.61 Å². The molecule has 0 fully saturated rings. The molecule has 6 nitrogen and oxygen atoms in total. The highest BCUT2D eigenvalue weighted by molar-refractivity contribution is 6.11. The van der Waals surface area contributed by atoms with Crippen molar-refractivity contribution < 1.29 is 29.6 Å². The molecule has 0 saturated heterocycles. The third kappa shape index (κ3) is 3.41. The Morgan fingerprint density at radius 1 is 1.00 bits per heavy atom. The topological polar surface area (TPSA) is 111 Å². The van der Waals surface area contributed by atoms with E-state index in [0.29, 0.717) is 29.7 Å². The standard InChI is InChI=1S/C20H18O6/c21-7-1-3-12-5-6-13(18-4-2-8-26-18)9-15(12)19(24)14-10-16(22)20(25)17(23)11-14/h2,4-6,8-11,21-23,25H,1,3,7H2. The molecule has 26 heavy (non-hydrogen) atoms. The van der Waals surface area contributed by atoms with Crippen molar-refractivity contribution in [3.05, 3.63) is 65.4 Å². The summed E-state index contributed by atoms with van der Waals surface area (Å²) in [6.45, 7) is -0.00560. The van der Waals surface area contributed by atoms with Crippen LogP contribution in [0.25, 0.3) is 11.3 Å². The fraction of sp³-hybridized carbons (Fsp3) is 0.150. The summed E-state index contributed by atoms with van der Waals surface area (Å²) in [5.74, 6) is -1.65. The Labute approximate surface area is 149 Å². The molecule has 3 aromatic rings. The van der Waals surface area contributed by atoms with Crippen molar-refractivity contribution >= 4 is 5.78 Å². The van der Waals surface area contributed by atoms with E-state index in [1.807, 2.05) is 6.07 Å². The monoisotopic (exact) mass is 354 g/mol. The SMILES string of the molecule is O=C(c1cc(O)c(O)c(O)c1)c1cc(-c2ccco2)ccc1CCCO. The fourth-order valence-corrected chi connectivity index (χ4v) is 2.76. The van der Waals surface area contributed by atoms with Gasteiger partial charge in [0.05, 0.1) is 6.26 Å². The average molecular weight is 354 g/mol. The summed E-state index contributed by atoms with van der Waals surface area (Å²) in [6, 6.07) is 11.0. The van der Waals surface area contributed by atoms with Gasteiger partial charge in [-0.15, -0.1) is 0 Å². The van der Waals surface area contributed by atoms with Gasteiger partial charge in [0.2, 0.25) is 0 Å². The molecule has 6 heteroatoms. The molecule has 4 N–H and O–H groups in total. The molecular weight excluding hydrogens is 336 g/mol. The first-order valence-corrected chi connectivity index (χ1v) is 8.08. The summed E-state index contributed by atoms with van der Waals surface area (Å²) >= 11 is 0. The lowest BCUT2D eigenvalue weighted by atomic mass is 9.93. The molecule has 0 saturated carbocycles. The van der Waals surface area contributed by atoms with Crippen molar-refractivity contribution in [3.63, 3.8) is 0 Å². The number of ketones is 1. The molecule has 134 valence electrons. The predicted octanol–water partition coefficient (Wildman–Crippen LogP) is 3.22. The van der Waals surface area contributed by atoms with Crippen molar-refractivity contribution in [3.8, 4) is 28.6 Å². The van der Waals surface area contributed by atoms with Gasteiger partial charge < -0.3 is 24.8 Å². The van der Waals surface area contributed by atoms with Crippen molar-refractivity contribution in [1.82, 2.24) is 0 Å². The maximum atomic E-state index is 13.0. The highest BCUT2D eigenvalue weighted by Crippen LogP contribution is 2.36. The van der Waals surface area contributed by atoms with Gasteiger partial charge >= 0.3 is 0 Å². The lowest BCUT2D eigenvalue weighted by Gasteiger charge is -2.11. The van der Waals surface area contributed by atoms with E-state index in [9.17, 15) is 20.1 Å². The number of phenols is 3. The Bertz CT molecular complexity index is 904. The van der Waals surface area contributed by atoms with E-state index in [4.69, 9.17) is 9.52 Å². The van der Waals surface area contributed by atoms with Crippen LogP contribution in [0.3, 0.4) is 0 Å². The number of hydrogen-bond acceptors (Lipinski definition) is 6. The normalized spacial score (nSPS) is 10.8. The van der Waals surface area contributed by atoms with Gasteiger partial charge in [-0.1, -0.05) is 12.1 Å². The summed E-state index contributed by atoms with van der Waals surface area (Å²) in [6.07, 6.45) is 2.52. The van der Waals surface area contributed by atoms with Crippen LogP contribution in [0.4, 0.5) is 0 Å². The van der Waals surface area contributed by atoms with Crippen LogP contribution in [-0.4, -0.2) is 32.8 Å². The van der Waals surface area contributed by atoms with Crippen molar-refractivity contribution in [2.24, 2.45) is 0 Å². The van der Waals surface area contributed by atoms with Crippen LogP contribution in [-0.2, 0) is 6.42 Å². The number of phenolic OH excluding ortho intramolecular Hbond substituents is 3. The van der Waals surface area contributed by atoms with E-state index >= 15 is 0 Å². The highest BCUT2D eigenvalue weighted by atomic mass is 16.3. The molecule has 1 aromatic heterocycles. The van der Waals surface area contributed by atoms with Gasteiger partial charge in [0.1, 0.15) is 5.76 Å². The average Bonchev–Trinajstić information content (AvgIpc) is 3.18. The van der Waals surface area contributed by atoms with Crippen LogP contribution < -0.4 is 0 Å². The first kappa shape index (κ1) is 17.6. The van der Waals surface area contributed by atoms with Gasteiger partial charge in [0.25, 0.3) is 0 Å². The summed E-state index contributed by atoms with van der Waals surface area (Å²) in [4.78, 5) is 13.0. The van der Waals surface area contributed by atoms with Crippen LogP contribution in [0, 0.1) is 0 Å². The second-order valence-corrected chi connectivity index (χ2v) is 5.87. The van der Waals surface area contributed by atoms with Crippen molar-refractivity contribution in [2.45, 2.75) is 12.8 Å². The fourth-order valence-electron chi connectivity index (χ4n) is 2.76. The minimum Gasteiger partial charge on any atom is -0.504 e. The number of furan rings is 1. The molecule has 0 radical (unpaired) electrons. The highest BCUT2D eigenvalue weighted by Gasteiger charge is 2.19. The zero-order valence-corrected chi connectivity index (χ0v) is 13.8. The maximum Gasteiger partial charge on any atom is 0.200 e. The molecule has 0 aliphatic rings. The third-order valence-corrected chi connectivity index (χ3v) is 4.10. The van der Waals surface area contributed by atoms with Gasteiger partial charge in [-0.25, -0.2) is 0 Å². The third-order valence-electron chi connectivity index (χ3n) is 4.10. The largest absolute Gasteiger partial charge is 0.504 e. The number of rotatable bonds is 6. The second kappa shape index (κ2) is 7.33. The summed E-state index contributed by atoms with van der Waals surface area (Å²) in [7, 11) is 0. The Hall–Kier alpha value is -3.25. The number of aryl methyl sites for hydroxylation is 1. The van der Waals surface area contributed by atoms with Gasteiger partial charge in [0, 0.05) is 23.3 Å². The van der Waals surface area contributed by atoms with Crippen LogP contribution >= 0.6 is 0 Å². The quantitative estimate of drug-likeness (QED) is 0.399. The Morgan fingerprint density at radius 2 is 1.73 bits per heavy atom. The molecular formula is C20H18O6. The van der Waals surface area contributed by atoms with Crippen LogP contribution in [0.1, 0.15) is 27.9 Å². The Balaban J connectivity index is 2.08. The van der Waals surface area contributed by atoms with Gasteiger partial charge in [-0.05, 0) is 48.7 Å². The molecule has 1 heterocycles. The van der Waals surface area contributed by atoms with E-state index in [0.717, 1.165) is 17.7 Å². The molecule has 0 bridgehead atoms. The van der Waals surface area contributed by atoms with Crippen molar-refractivity contribution in [1.29, 1.82) is 0 Å². The first-order chi connectivity index (χ1) is 12.5. The molecule has 2 aromatic carbocycles. The van der Waals surface area contributed by atoms with Crippen LogP contribution in [0.5, 0.6) is 17.2 Å². The zero-order valence-electron chi connectivity index (χ0n) is 13.8. The van der Waals surface area contributed by atoms with E-state index in [2.05, 4.69) is 0 Å². The number of carbonyl (C=O) groups excluding carboxylic acids is 1.